The molecule has 148 valence electrons. The van der Waals surface area contributed by atoms with E-state index in [1.165, 1.54) is 6.21 Å². The topological polar surface area (TPSA) is 84.8 Å². The molecule has 0 aliphatic carbocycles. The van der Waals surface area contributed by atoms with Gasteiger partial charge in [-0.05, 0) is 36.1 Å². The lowest BCUT2D eigenvalue weighted by Gasteiger charge is -2.08. The maximum atomic E-state index is 11.9. The third-order valence-electron chi connectivity index (χ3n) is 4.41. The van der Waals surface area contributed by atoms with E-state index in [9.17, 15) is 13.2 Å². The van der Waals surface area contributed by atoms with E-state index >= 15 is 0 Å². The van der Waals surface area contributed by atoms with Crippen LogP contribution in [-0.4, -0.2) is 32.0 Å². The number of halogens is 1. The van der Waals surface area contributed by atoms with Crippen LogP contribution in [-0.2, 0) is 21.2 Å². The molecule has 0 spiro atoms. The van der Waals surface area contributed by atoms with Crippen LogP contribution < -0.4 is 10.2 Å². The number of ether oxygens (including phenoxy) is 1. The molecule has 1 fully saturated rings. The van der Waals surface area contributed by atoms with E-state index in [1.54, 1.807) is 6.07 Å². The summed E-state index contributed by atoms with van der Waals surface area (Å²) in [6.45, 7) is 0.349. The van der Waals surface area contributed by atoms with Crippen LogP contribution in [0.5, 0.6) is 5.75 Å². The van der Waals surface area contributed by atoms with Crippen molar-refractivity contribution in [2.45, 2.75) is 19.4 Å². The van der Waals surface area contributed by atoms with Crippen LogP contribution in [0.25, 0.3) is 0 Å². The van der Waals surface area contributed by atoms with E-state index < -0.39 is 9.84 Å². The molecule has 1 aliphatic heterocycles. The maximum Gasteiger partial charge on any atom is 0.240 e. The first-order valence-electron chi connectivity index (χ1n) is 8.90. The number of rotatable bonds is 7. The van der Waals surface area contributed by atoms with Gasteiger partial charge >= 0.3 is 0 Å². The highest BCUT2D eigenvalue weighted by Crippen LogP contribution is 2.21. The Morgan fingerprint density at radius 1 is 1.25 bits per heavy atom. The van der Waals surface area contributed by atoms with Gasteiger partial charge in [0.05, 0.1) is 17.7 Å². The van der Waals surface area contributed by atoms with Gasteiger partial charge in [0.1, 0.15) is 12.4 Å². The van der Waals surface area contributed by atoms with Gasteiger partial charge in [-0.2, -0.15) is 5.10 Å². The van der Waals surface area contributed by atoms with E-state index in [0.29, 0.717) is 23.8 Å². The molecule has 28 heavy (non-hydrogen) atoms. The number of benzene rings is 2. The molecule has 1 N–H and O–H groups in total. The number of sulfone groups is 1. The van der Waals surface area contributed by atoms with E-state index in [4.69, 9.17) is 16.3 Å². The van der Waals surface area contributed by atoms with Crippen molar-refractivity contribution in [2.24, 2.45) is 11.0 Å². The van der Waals surface area contributed by atoms with Gasteiger partial charge in [-0.1, -0.05) is 41.9 Å². The van der Waals surface area contributed by atoms with Crippen molar-refractivity contribution in [1.82, 2.24) is 5.43 Å². The first-order valence-corrected chi connectivity index (χ1v) is 11.1. The van der Waals surface area contributed by atoms with E-state index in [1.807, 2.05) is 42.5 Å². The fraction of sp³-hybridized carbons (Fsp3) is 0.300. The van der Waals surface area contributed by atoms with Crippen molar-refractivity contribution in [3.63, 3.8) is 0 Å². The average Bonchev–Trinajstić information content (AvgIpc) is 3.00. The Hall–Kier alpha value is -2.38. The minimum Gasteiger partial charge on any atom is -0.489 e. The normalized spacial score (nSPS) is 18.2. The molecule has 3 rings (SSSR count). The van der Waals surface area contributed by atoms with Crippen LogP contribution >= 0.6 is 11.6 Å². The number of nitrogens with one attached hydrogen (secondary N) is 1. The molecule has 2 aromatic rings. The summed E-state index contributed by atoms with van der Waals surface area (Å²) in [5, 5.41) is 4.59. The fourth-order valence-corrected chi connectivity index (χ4v) is 5.03. The lowest BCUT2D eigenvalue weighted by molar-refractivity contribution is -0.121. The lowest BCUT2D eigenvalue weighted by atomic mass is 10.1. The van der Waals surface area contributed by atoms with Gasteiger partial charge in [-0.15, -0.1) is 0 Å². The molecular weight excluding hydrogens is 400 g/mol. The lowest BCUT2D eigenvalue weighted by Crippen LogP contribution is -2.21. The van der Waals surface area contributed by atoms with Gasteiger partial charge in [0, 0.05) is 17.0 Å². The summed E-state index contributed by atoms with van der Waals surface area (Å²) < 4.78 is 28.6. The van der Waals surface area contributed by atoms with Gasteiger partial charge in [0.15, 0.2) is 9.84 Å². The van der Waals surface area contributed by atoms with E-state index in [2.05, 4.69) is 10.5 Å². The third kappa shape index (κ3) is 6.07. The average molecular weight is 421 g/mol. The molecule has 0 saturated carbocycles. The van der Waals surface area contributed by atoms with Crippen molar-refractivity contribution < 1.29 is 17.9 Å². The SMILES string of the molecule is O=C(C[C@H]1CCS(=O)(=O)C1)N/N=C\c1cccc(OCc2ccccc2Cl)c1. The number of hydrogen-bond donors (Lipinski definition) is 1. The van der Waals surface area contributed by atoms with Crippen LogP contribution in [0.1, 0.15) is 24.0 Å². The first-order chi connectivity index (χ1) is 13.4. The van der Waals surface area contributed by atoms with E-state index in [0.717, 1.165) is 11.1 Å². The Bertz CT molecular complexity index is 976. The van der Waals surface area contributed by atoms with Crippen molar-refractivity contribution in [3.8, 4) is 5.75 Å². The molecule has 0 aromatic heterocycles. The van der Waals surface area contributed by atoms with Crippen molar-refractivity contribution in [3.05, 3.63) is 64.7 Å². The largest absolute Gasteiger partial charge is 0.489 e. The summed E-state index contributed by atoms with van der Waals surface area (Å²) in [5.41, 5.74) is 4.10. The molecule has 1 amide bonds. The van der Waals surface area contributed by atoms with Crippen molar-refractivity contribution >= 4 is 33.6 Å². The van der Waals surface area contributed by atoms with Crippen LogP contribution in [0.15, 0.2) is 53.6 Å². The summed E-state index contributed by atoms with van der Waals surface area (Å²) in [4.78, 5) is 11.9. The fourth-order valence-electron chi connectivity index (χ4n) is 2.98. The zero-order valence-corrected chi connectivity index (χ0v) is 16.7. The van der Waals surface area contributed by atoms with E-state index in [-0.39, 0.29) is 29.8 Å². The second-order valence-electron chi connectivity index (χ2n) is 6.72. The Balaban J connectivity index is 1.50. The smallest absolute Gasteiger partial charge is 0.240 e. The van der Waals surface area contributed by atoms with Gasteiger partial charge in [0.25, 0.3) is 0 Å². The summed E-state index contributed by atoms with van der Waals surface area (Å²) in [5.74, 6) is 0.488. The van der Waals surface area contributed by atoms with Crippen molar-refractivity contribution in [2.75, 3.05) is 11.5 Å². The Morgan fingerprint density at radius 2 is 2.07 bits per heavy atom. The van der Waals surface area contributed by atoms with Gasteiger partial charge in [-0.3, -0.25) is 4.79 Å². The number of nitrogens with zero attached hydrogens (tertiary/aromatic N) is 1. The highest BCUT2D eigenvalue weighted by Gasteiger charge is 2.29. The molecule has 0 radical (unpaired) electrons. The highest BCUT2D eigenvalue weighted by atomic mass is 35.5. The predicted molar refractivity (Wildman–Crippen MR) is 109 cm³/mol. The molecule has 1 saturated heterocycles. The Morgan fingerprint density at radius 3 is 2.82 bits per heavy atom. The summed E-state index contributed by atoms with van der Waals surface area (Å²) in [7, 11) is -2.98. The van der Waals surface area contributed by atoms with Crippen molar-refractivity contribution in [1.29, 1.82) is 0 Å². The van der Waals surface area contributed by atoms with Crippen LogP contribution in [0.3, 0.4) is 0 Å². The standard InChI is InChI=1S/C20H21ClN2O4S/c21-19-7-2-1-5-17(19)13-27-18-6-3-4-15(10-18)12-22-23-20(24)11-16-8-9-28(25,26)14-16/h1-7,10,12,16H,8-9,11,13-14H2,(H,23,24)/b22-12-/t16-/m1/s1. The zero-order valence-electron chi connectivity index (χ0n) is 15.2. The molecule has 0 bridgehead atoms. The highest BCUT2D eigenvalue weighted by molar-refractivity contribution is 7.91. The number of amides is 1. The molecule has 1 atom stereocenters. The quantitative estimate of drug-likeness (QED) is 0.550. The molecular formula is C20H21ClN2O4S. The summed E-state index contributed by atoms with van der Waals surface area (Å²) in [6.07, 6.45) is 2.22. The minimum absolute atomic E-state index is 0.0783. The first kappa shape index (κ1) is 20.4. The molecule has 1 heterocycles. The maximum absolute atomic E-state index is 11.9. The molecule has 0 unspecified atom stereocenters. The molecule has 6 nitrogen and oxygen atoms in total. The van der Waals surface area contributed by atoms with Crippen LogP contribution in [0.4, 0.5) is 0 Å². The van der Waals surface area contributed by atoms with Gasteiger partial charge < -0.3 is 4.74 Å². The summed E-state index contributed by atoms with van der Waals surface area (Å²) in [6, 6.07) is 14.8. The second kappa shape index (κ2) is 9.21. The summed E-state index contributed by atoms with van der Waals surface area (Å²) >= 11 is 6.12. The number of carbonyl (C=O) groups excluding carboxylic acids is 1. The number of hydrazone groups is 1. The van der Waals surface area contributed by atoms with Crippen LogP contribution in [0, 0.1) is 5.92 Å². The zero-order chi connectivity index (χ0) is 20.0. The number of hydrogen-bond acceptors (Lipinski definition) is 5. The predicted octanol–water partition coefficient (Wildman–Crippen LogP) is 3.19. The minimum atomic E-state index is -2.98. The Labute approximate surface area is 169 Å². The monoisotopic (exact) mass is 420 g/mol. The second-order valence-corrected chi connectivity index (χ2v) is 9.35. The number of carbonyl (C=O) groups is 1. The van der Waals surface area contributed by atoms with Gasteiger partial charge in [0.2, 0.25) is 5.91 Å². The molecule has 1 aliphatic rings. The molecule has 2 aromatic carbocycles. The third-order valence-corrected chi connectivity index (χ3v) is 6.62. The molecule has 8 heteroatoms. The Kier molecular flexibility index (Phi) is 6.70. The van der Waals surface area contributed by atoms with Gasteiger partial charge in [-0.25, -0.2) is 13.8 Å². The van der Waals surface area contributed by atoms with Crippen LogP contribution in [0.2, 0.25) is 5.02 Å².